The van der Waals surface area contributed by atoms with Crippen LogP contribution >= 0.6 is 23.2 Å². The van der Waals surface area contributed by atoms with Gasteiger partial charge in [-0.25, -0.2) is 4.39 Å². The van der Waals surface area contributed by atoms with Crippen LogP contribution in [0.2, 0.25) is 10.0 Å². The zero-order chi connectivity index (χ0) is 18.5. The van der Waals surface area contributed by atoms with Crippen molar-refractivity contribution in [1.82, 2.24) is 9.80 Å². The van der Waals surface area contributed by atoms with Gasteiger partial charge >= 0.3 is 0 Å². The van der Waals surface area contributed by atoms with E-state index in [9.17, 15) is 9.18 Å². The molecule has 1 saturated heterocycles. The number of nitrogens with zero attached hydrogens (tertiary/aromatic N) is 2. The van der Waals surface area contributed by atoms with E-state index in [0.717, 1.165) is 24.2 Å². The number of amides is 1. The number of benzene rings is 2. The molecule has 3 rings (SSSR count). The fraction of sp³-hybridized carbons (Fsp3) is 0.250. The third kappa shape index (κ3) is 4.85. The number of rotatable bonds is 4. The summed E-state index contributed by atoms with van der Waals surface area (Å²) in [4.78, 5) is 16.4. The van der Waals surface area contributed by atoms with Crippen LogP contribution in [0.25, 0.3) is 6.08 Å². The molecule has 1 aliphatic heterocycles. The van der Waals surface area contributed by atoms with Crippen molar-refractivity contribution >= 4 is 35.2 Å². The second kappa shape index (κ2) is 8.67. The van der Waals surface area contributed by atoms with Gasteiger partial charge in [0.25, 0.3) is 0 Å². The van der Waals surface area contributed by atoms with Crippen LogP contribution in [0.5, 0.6) is 0 Å². The Balaban J connectivity index is 1.53. The van der Waals surface area contributed by atoms with E-state index in [4.69, 9.17) is 23.2 Å². The first kappa shape index (κ1) is 18.9. The second-order valence-electron chi connectivity index (χ2n) is 6.19. The Hall–Kier alpha value is -1.88. The van der Waals surface area contributed by atoms with Crippen LogP contribution in [0.1, 0.15) is 11.1 Å². The molecule has 0 aromatic heterocycles. The lowest BCUT2D eigenvalue weighted by atomic mass is 10.2. The van der Waals surface area contributed by atoms with Gasteiger partial charge < -0.3 is 4.90 Å². The second-order valence-corrected chi connectivity index (χ2v) is 7.01. The van der Waals surface area contributed by atoms with Gasteiger partial charge in [-0.3, -0.25) is 9.69 Å². The van der Waals surface area contributed by atoms with E-state index in [1.165, 1.54) is 12.1 Å². The Morgan fingerprint density at radius 1 is 1.04 bits per heavy atom. The van der Waals surface area contributed by atoms with Gasteiger partial charge in [0.1, 0.15) is 5.82 Å². The number of carbonyl (C=O) groups excluding carboxylic acids is 1. The molecule has 0 radical (unpaired) electrons. The molecular formula is C20H19Cl2FN2O. The highest BCUT2D eigenvalue weighted by atomic mass is 35.5. The monoisotopic (exact) mass is 392 g/mol. The minimum absolute atomic E-state index is 0.0237. The third-order valence-corrected chi connectivity index (χ3v) is 5.10. The van der Waals surface area contributed by atoms with Crippen LogP contribution in [0.4, 0.5) is 4.39 Å². The molecule has 1 aliphatic rings. The fourth-order valence-corrected chi connectivity index (χ4v) is 3.32. The van der Waals surface area contributed by atoms with Crippen LogP contribution < -0.4 is 0 Å². The van der Waals surface area contributed by atoms with Crippen molar-refractivity contribution in [1.29, 1.82) is 0 Å². The number of hydrogen-bond donors (Lipinski definition) is 0. The van der Waals surface area contributed by atoms with Gasteiger partial charge in [-0.15, -0.1) is 0 Å². The summed E-state index contributed by atoms with van der Waals surface area (Å²) in [6, 6.07) is 11.9. The smallest absolute Gasteiger partial charge is 0.246 e. The lowest BCUT2D eigenvalue weighted by molar-refractivity contribution is -0.127. The van der Waals surface area contributed by atoms with Crippen molar-refractivity contribution in [2.75, 3.05) is 26.2 Å². The highest BCUT2D eigenvalue weighted by molar-refractivity contribution is 6.32. The molecule has 136 valence electrons. The van der Waals surface area contributed by atoms with Crippen LogP contribution in [0.3, 0.4) is 0 Å². The Morgan fingerprint density at radius 3 is 2.46 bits per heavy atom. The summed E-state index contributed by atoms with van der Waals surface area (Å²) in [7, 11) is 0. The predicted octanol–water partition coefficient (Wildman–Crippen LogP) is 4.49. The highest BCUT2D eigenvalue weighted by Crippen LogP contribution is 2.20. The Bertz CT molecular complexity index is 817. The average molecular weight is 393 g/mol. The van der Waals surface area contributed by atoms with E-state index in [-0.39, 0.29) is 11.7 Å². The van der Waals surface area contributed by atoms with Gasteiger partial charge in [-0.1, -0.05) is 47.5 Å². The van der Waals surface area contributed by atoms with Gasteiger partial charge in [0.05, 0.1) is 0 Å². The zero-order valence-corrected chi connectivity index (χ0v) is 15.7. The Morgan fingerprint density at radius 2 is 1.77 bits per heavy atom. The molecule has 1 heterocycles. The Labute approximate surface area is 162 Å². The molecular weight excluding hydrogens is 374 g/mol. The van der Waals surface area contributed by atoms with Gasteiger partial charge in [0, 0.05) is 48.8 Å². The van der Waals surface area contributed by atoms with Crippen molar-refractivity contribution in [3.63, 3.8) is 0 Å². The van der Waals surface area contributed by atoms with Crippen LogP contribution in [-0.2, 0) is 11.3 Å². The summed E-state index contributed by atoms with van der Waals surface area (Å²) in [6.07, 6.45) is 3.31. The van der Waals surface area contributed by atoms with Gasteiger partial charge in [0.15, 0.2) is 0 Å². The molecule has 26 heavy (non-hydrogen) atoms. The quantitative estimate of drug-likeness (QED) is 0.715. The number of carbonyl (C=O) groups is 1. The van der Waals surface area contributed by atoms with E-state index < -0.39 is 0 Å². The summed E-state index contributed by atoms with van der Waals surface area (Å²) in [6.45, 7) is 3.43. The SMILES string of the molecule is O=C(/C=C/c1ccccc1Cl)N1CCN(Cc2ccc(F)cc2Cl)CC1. The van der Waals surface area contributed by atoms with Crippen molar-refractivity contribution in [2.45, 2.75) is 6.54 Å². The molecule has 1 amide bonds. The molecule has 0 spiro atoms. The van der Waals surface area contributed by atoms with Crippen LogP contribution in [0.15, 0.2) is 48.5 Å². The largest absolute Gasteiger partial charge is 0.337 e. The molecule has 1 fully saturated rings. The van der Waals surface area contributed by atoms with Crippen LogP contribution in [0, 0.1) is 5.82 Å². The maximum atomic E-state index is 13.1. The maximum absolute atomic E-state index is 13.1. The highest BCUT2D eigenvalue weighted by Gasteiger charge is 2.20. The minimum atomic E-state index is -0.334. The van der Waals surface area contributed by atoms with Crippen LogP contribution in [-0.4, -0.2) is 41.9 Å². The van der Waals surface area contributed by atoms with E-state index in [1.54, 1.807) is 24.3 Å². The summed E-state index contributed by atoms with van der Waals surface area (Å²) >= 11 is 12.2. The molecule has 0 N–H and O–H groups in total. The number of hydrogen-bond acceptors (Lipinski definition) is 2. The normalized spacial score (nSPS) is 15.6. The summed E-state index contributed by atoms with van der Waals surface area (Å²) < 4.78 is 13.1. The first-order valence-corrected chi connectivity index (χ1v) is 9.16. The summed E-state index contributed by atoms with van der Waals surface area (Å²) in [5.41, 5.74) is 1.72. The van der Waals surface area contributed by atoms with E-state index in [1.807, 2.05) is 23.1 Å². The molecule has 0 atom stereocenters. The first-order chi connectivity index (χ1) is 12.5. The van der Waals surface area contributed by atoms with Crippen molar-refractivity contribution in [3.8, 4) is 0 Å². The topological polar surface area (TPSA) is 23.6 Å². The Kier molecular flexibility index (Phi) is 6.30. The number of halogens is 3. The molecule has 6 heteroatoms. The zero-order valence-electron chi connectivity index (χ0n) is 14.2. The fourth-order valence-electron chi connectivity index (χ4n) is 2.89. The van der Waals surface area contributed by atoms with E-state index in [2.05, 4.69) is 4.90 Å². The van der Waals surface area contributed by atoms with E-state index in [0.29, 0.717) is 29.7 Å². The van der Waals surface area contributed by atoms with Gasteiger partial charge in [-0.2, -0.15) is 0 Å². The first-order valence-electron chi connectivity index (χ1n) is 8.41. The average Bonchev–Trinajstić information content (AvgIpc) is 2.64. The molecule has 0 bridgehead atoms. The third-order valence-electron chi connectivity index (χ3n) is 4.40. The number of piperazine rings is 1. The van der Waals surface area contributed by atoms with E-state index >= 15 is 0 Å². The minimum Gasteiger partial charge on any atom is -0.337 e. The van der Waals surface area contributed by atoms with Crippen molar-refractivity contribution in [2.24, 2.45) is 0 Å². The van der Waals surface area contributed by atoms with Crippen molar-refractivity contribution in [3.05, 3.63) is 75.5 Å². The summed E-state index contributed by atoms with van der Waals surface area (Å²) in [5.74, 6) is -0.358. The molecule has 2 aromatic carbocycles. The molecule has 0 aliphatic carbocycles. The molecule has 0 unspecified atom stereocenters. The predicted molar refractivity (Wildman–Crippen MR) is 104 cm³/mol. The lowest BCUT2D eigenvalue weighted by Gasteiger charge is -2.34. The lowest BCUT2D eigenvalue weighted by Crippen LogP contribution is -2.47. The molecule has 0 saturated carbocycles. The molecule has 2 aromatic rings. The molecule has 3 nitrogen and oxygen atoms in total. The standard InChI is InChI=1S/C20H19Cl2FN2O/c21-18-4-2-1-3-15(18)6-8-20(26)25-11-9-24(10-12-25)14-16-5-7-17(23)13-19(16)22/h1-8,13H,9-12,14H2/b8-6+. The van der Waals surface area contributed by atoms with Gasteiger partial charge in [0.2, 0.25) is 5.91 Å². The summed E-state index contributed by atoms with van der Waals surface area (Å²) in [5, 5.41) is 1.06. The van der Waals surface area contributed by atoms with Crippen molar-refractivity contribution < 1.29 is 9.18 Å². The maximum Gasteiger partial charge on any atom is 0.246 e. The van der Waals surface area contributed by atoms with Gasteiger partial charge in [-0.05, 0) is 35.4 Å².